The van der Waals surface area contributed by atoms with Crippen LogP contribution in [0.3, 0.4) is 0 Å². The smallest absolute Gasteiger partial charge is 0.243 e. The molecule has 0 aliphatic carbocycles. The number of Topliss-reactive ketones (excluding diaryl/α,β-unsaturated/α-hetero) is 1. The number of carbonyl (C=O) groups is 3. The van der Waals surface area contributed by atoms with Gasteiger partial charge >= 0.3 is 0 Å². The number of nitrogens with zero attached hydrogens (tertiary/aromatic N) is 1. The van der Waals surface area contributed by atoms with E-state index in [9.17, 15) is 14.4 Å². The number of ketones is 1. The summed E-state index contributed by atoms with van der Waals surface area (Å²) in [6.45, 7) is 6.13. The molecule has 8 heteroatoms. The number of rotatable bonds is 17. The quantitative estimate of drug-likeness (QED) is 0.219. The van der Waals surface area contributed by atoms with E-state index in [-0.39, 0.29) is 30.6 Å². The lowest BCUT2D eigenvalue weighted by atomic mass is 10.0. The summed E-state index contributed by atoms with van der Waals surface area (Å²) in [5.41, 5.74) is 9.56. The lowest BCUT2D eigenvalue weighted by Gasteiger charge is -2.30. The van der Waals surface area contributed by atoms with Crippen molar-refractivity contribution in [2.75, 3.05) is 26.2 Å². The molecule has 4 N–H and O–H groups in total. The van der Waals surface area contributed by atoms with Crippen molar-refractivity contribution >= 4 is 17.6 Å². The summed E-state index contributed by atoms with van der Waals surface area (Å²) in [6, 6.07) is 24.3. The monoisotopic (exact) mass is 558 g/mol. The molecule has 0 unspecified atom stereocenters. The minimum absolute atomic E-state index is 0.0368. The SMILES string of the molecule is CCOc1ccc(CC(=O)CNCCC(=O)N(CC)[C@@H](Cc2ccccc2)C(=O)NCc2ccc(CN)cc2)cc1. The molecule has 41 heavy (non-hydrogen) atoms. The molecule has 3 aromatic carbocycles. The molecule has 0 radical (unpaired) electrons. The molecular formula is C33H42N4O4. The third-order valence-electron chi connectivity index (χ3n) is 6.81. The van der Waals surface area contributed by atoms with Crippen LogP contribution in [0.1, 0.15) is 42.5 Å². The number of hydrogen-bond acceptors (Lipinski definition) is 6. The van der Waals surface area contributed by atoms with Crippen molar-refractivity contribution in [3.8, 4) is 5.75 Å². The number of benzene rings is 3. The van der Waals surface area contributed by atoms with E-state index in [0.29, 0.717) is 45.6 Å². The van der Waals surface area contributed by atoms with Gasteiger partial charge in [0.25, 0.3) is 0 Å². The van der Waals surface area contributed by atoms with Gasteiger partial charge in [0, 0.05) is 45.4 Å². The highest BCUT2D eigenvalue weighted by molar-refractivity contribution is 5.88. The first-order valence-corrected chi connectivity index (χ1v) is 14.3. The van der Waals surface area contributed by atoms with E-state index in [2.05, 4.69) is 10.6 Å². The topological polar surface area (TPSA) is 114 Å². The molecular weight excluding hydrogens is 516 g/mol. The van der Waals surface area contributed by atoms with Crippen LogP contribution >= 0.6 is 0 Å². The normalized spacial score (nSPS) is 11.5. The van der Waals surface area contributed by atoms with E-state index >= 15 is 0 Å². The average molecular weight is 559 g/mol. The highest BCUT2D eigenvalue weighted by atomic mass is 16.5. The van der Waals surface area contributed by atoms with Crippen molar-refractivity contribution < 1.29 is 19.1 Å². The van der Waals surface area contributed by atoms with Crippen LogP contribution in [0, 0.1) is 0 Å². The third kappa shape index (κ3) is 10.5. The molecule has 0 fully saturated rings. The molecule has 0 aromatic heterocycles. The number of carbonyl (C=O) groups excluding carboxylic acids is 3. The van der Waals surface area contributed by atoms with E-state index in [4.69, 9.17) is 10.5 Å². The fourth-order valence-corrected chi connectivity index (χ4v) is 4.58. The Hall–Kier alpha value is -4.01. The zero-order valence-electron chi connectivity index (χ0n) is 24.1. The summed E-state index contributed by atoms with van der Waals surface area (Å²) in [7, 11) is 0. The van der Waals surface area contributed by atoms with Gasteiger partial charge in [0.1, 0.15) is 11.8 Å². The largest absolute Gasteiger partial charge is 0.494 e. The zero-order chi connectivity index (χ0) is 29.5. The van der Waals surface area contributed by atoms with Gasteiger partial charge in [0.05, 0.1) is 13.2 Å². The summed E-state index contributed by atoms with van der Waals surface area (Å²) >= 11 is 0. The van der Waals surface area contributed by atoms with Gasteiger partial charge in [-0.05, 0) is 48.2 Å². The van der Waals surface area contributed by atoms with Crippen LogP contribution < -0.4 is 21.1 Å². The highest BCUT2D eigenvalue weighted by Gasteiger charge is 2.28. The number of likely N-dealkylation sites (N-methyl/N-ethyl adjacent to an activating group) is 1. The molecule has 0 aliphatic heterocycles. The van der Waals surface area contributed by atoms with Crippen LogP contribution in [-0.4, -0.2) is 54.8 Å². The Bertz CT molecular complexity index is 1230. The van der Waals surface area contributed by atoms with E-state index in [0.717, 1.165) is 28.0 Å². The van der Waals surface area contributed by atoms with Crippen molar-refractivity contribution in [1.29, 1.82) is 0 Å². The van der Waals surface area contributed by atoms with Gasteiger partial charge in [-0.15, -0.1) is 0 Å². The first-order valence-electron chi connectivity index (χ1n) is 14.3. The van der Waals surface area contributed by atoms with Crippen LogP contribution in [0.25, 0.3) is 0 Å². The molecule has 3 aromatic rings. The highest BCUT2D eigenvalue weighted by Crippen LogP contribution is 2.14. The minimum Gasteiger partial charge on any atom is -0.494 e. The molecule has 0 saturated heterocycles. The second-order valence-electron chi connectivity index (χ2n) is 9.84. The fourth-order valence-electron chi connectivity index (χ4n) is 4.58. The van der Waals surface area contributed by atoms with Crippen LogP contribution in [0.4, 0.5) is 0 Å². The Morgan fingerprint density at radius 1 is 0.854 bits per heavy atom. The number of hydrogen-bond donors (Lipinski definition) is 3. The number of nitrogens with two attached hydrogens (primary N) is 1. The Kier molecular flexibility index (Phi) is 13.0. The van der Waals surface area contributed by atoms with E-state index in [1.54, 1.807) is 4.90 Å². The summed E-state index contributed by atoms with van der Waals surface area (Å²) in [4.78, 5) is 40.7. The molecule has 2 amide bonds. The van der Waals surface area contributed by atoms with Crippen molar-refractivity contribution in [2.45, 2.75) is 52.2 Å². The first kappa shape index (κ1) is 31.5. The van der Waals surface area contributed by atoms with Crippen molar-refractivity contribution in [2.24, 2.45) is 5.73 Å². The van der Waals surface area contributed by atoms with Gasteiger partial charge in [-0.3, -0.25) is 14.4 Å². The maximum absolute atomic E-state index is 13.4. The maximum atomic E-state index is 13.4. The summed E-state index contributed by atoms with van der Waals surface area (Å²) in [5, 5.41) is 6.10. The van der Waals surface area contributed by atoms with E-state index < -0.39 is 6.04 Å². The van der Waals surface area contributed by atoms with Gasteiger partial charge in [0.15, 0.2) is 5.78 Å². The molecule has 8 nitrogen and oxygen atoms in total. The summed E-state index contributed by atoms with van der Waals surface area (Å²) < 4.78 is 5.44. The second kappa shape index (κ2) is 16.9. The second-order valence-corrected chi connectivity index (χ2v) is 9.84. The molecule has 218 valence electrons. The molecule has 1 atom stereocenters. The number of amides is 2. The zero-order valence-corrected chi connectivity index (χ0v) is 24.1. The lowest BCUT2D eigenvalue weighted by Crippen LogP contribution is -2.51. The predicted molar refractivity (Wildman–Crippen MR) is 161 cm³/mol. The van der Waals surface area contributed by atoms with Crippen LogP contribution in [0.15, 0.2) is 78.9 Å². The molecule has 0 aliphatic rings. The van der Waals surface area contributed by atoms with Crippen LogP contribution in [0.5, 0.6) is 5.75 Å². The fraction of sp³-hybridized carbons (Fsp3) is 0.364. The standard InChI is InChI=1S/C33H42N4O4/c1-3-37(32(39)18-19-35-24-29(38)20-26-14-16-30(17-15-26)41-4-2)31(21-25-8-6-5-7-9-25)33(40)36-23-28-12-10-27(22-34)11-13-28/h5-17,31,35H,3-4,18-24,34H2,1-2H3,(H,36,40)/t31-/m0/s1. The number of nitrogens with one attached hydrogen (secondary N) is 2. The van der Waals surface area contributed by atoms with Gasteiger partial charge in [0.2, 0.25) is 11.8 Å². The first-order chi connectivity index (χ1) is 19.9. The van der Waals surface area contributed by atoms with Crippen molar-refractivity contribution in [3.63, 3.8) is 0 Å². The Balaban J connectivity index is 1.54. The maximum Gasteiger partial charge on any atom is 0.243 e. The molecule has 0 spiro atoms. The molecule has 3 rings (SSSR count). The molecule has 0 saturated carbocycles. The minimum atomic E-state index is -0.653. The Labute approximate surface area is 243 Å². The van der Waals surface area contributed by atoms with Gasteiger partial charge in [-0.2, -0.15) is 0 Å². The van der Waals surface area contributed by atoms with Crippen molar-refractivity contribution in [3.05, 3.63) is 101 Å². The molecule has 0 heterocycles. The third-order valence-corrected chi connectivity index (χ3v) is 6.81. The Morgan fingerprint density at radius 3 is 2.15 bits per heavy atom. The van der Waals surface area contributed by atoms with Gasteiger partial charge in [-0.25, -0.2) is 0 Å². The lowest BCUT2D eigenvalue weighted by molar-refractivity contribution is -0.140. The van der Waals surface area contributed by atoms with E-state index in [1.807, 2.05) is 92.7 Å². The van der Waals surface area contributed by atoms with Gasteiger partial charge in [-0.1, -0.05) is 66.7 Å². The number of ether oxygens (including phenoxy) is 1. The van der Waals surface area contributed by atoms with Crippen molar-refractivity contribution in [1.82, 2.24) is 15.5 Å². The average Bonchev–Trinajstić information content (AvgIpc) is 3.00. The predicted octanol–water partition coefficient (Wildman–Crippen LogP) is 3.41. The van der Waals surface area contributed by atoms with E-state index in [1.165, 1.54) is 0 Å². The van der Waals surface area contributed by atoms with Gasteiger partial charge < -0.3 is 26.0 Å². The Morgan fingerprint density at radius 2 is 1.51 bits per heavy atom. The summed E-state index contributed by atoms with van der Waals surface area (Å²) in [5.74, 6) is 0.476. The summed E-state index contributed by atoms with van der Waals surface area (Å²) in [6.07, 6.45) is 0.901. The molecule has 0 bridgehead atoms. The van der Waals surface area contributed by atoms with Crippen LogP contribution in [-0.2, 0) is 40.3 Å². The van der Waals surface area contributed by atoms with Crippen LogP contribution in [0.2, 0.25) is 0 Å².